The van der Waals surface area contributed by atoms with E-state index in [0.29, 0.717) is 28.4 Å². The van der Waals surface area contributed by atoms with Gasteiger partial charge in [0, 0.05) is 16.3 Å². The molecule has 3 rings (SSSR count). The Morgan fingerprint density at radius 2 is 1.68 bits per heavy atom. The van der Waals surface area contributed by atoms with Crippen LogP contribution < -0.4 is 9.62 Å². The number of hydrogen-bond acceptors (Lipinski definition) is 4. The third kappa shape index (κ3) is 6.07. The lowest BCUT2D eigenvalue weighted by molar-refractivity contribution is 0.102. The molecule has 158 valence electrons. The van der Waals surface area contributed by atoms with Crippen LogP contribution in [0.5, 0.6) is 0 Å². The second-order valence-electron chi connectivity index (χ2n) is 6.93. The van der Waals surface area contributed by atoms with Crippen molar-refractivity contribution in [1.29, 1.82) is 5.26 Å². The summed E-state index contributed by atoms with van der Waals surface area (Å²) in [5.74, 6) is -0.283. The average Bonchev–Trinajstić information content (AvgIpc) is 2.73. The molecular weight excluding hydrogens is 434 g/mol. The molecule has 0 saturated heterocycles. The predicted octanol–water partition coefficient (Wildman–Crippen LogP) is 4.62. The Morgan fingerprint density at radius 3 is 2.26 bits per heavy atom. The molecular formula is C23H20ClN3O3S. The molecule has 6 nitrogen and oxygen atoms in total. The fourth-order valence-electron chi connectivity index (χ4n) is 2.96. The molecule has 0 radical (unpaired) electrons. The van der Waals surface area contributed by atoms with Crippen LogP contribution in [0.15, 0.2) is 72.8 Å². The van der Waals surface area contributed by atoms with E-state index < -0.39 is 10.0 Å². The zero-order valence-electron chi connectivity index (χ0n) is 16.7. The Labute approximate surface area is 186 Å². The number of halogens is 1. The van der Waals surface area contributed by atoms with Crippen LogP contribution in [-0.4, -0.2) is 20.6 Å². The normalized spacial score (nSPS) is 10.9. The van der Waals surface area contributed by atoms with Crippen LogP contribution in [-0.2, 0) is 23.0 Å². The van der Waals surface area contributed by atoms with Crippen molar-refractivity contribution in [3.05, 3.63) is 94.5 Å². The first-order chi connectivity index (χ1) is 14.8. The van der Waals surface area contributed by atoms with Crippen LogP contribution in [0.25, 0.3) is 0 Å². The third-order valence-electron chi connectivity index (χ3n) is 4.53. The maximum Gasteiger partial charge on any atom is 0.255 e. The van der Waals surface area contributed by atoms with Gasteiger partial charge in [-0.15, -0.1) is 0 Å². The maximum atomic E-state index is 12.5. The van der Waals surface area contributed by atoms with E-state index in [-0.39, 0.29) is 12.5 Å². The van der Waals surface area contributed by atoms with Crippen molar-refractivity contribution in [2.75, 3.05) is 15.9 Å². The highest BCUT2D eigenvalue weighted by molar-refractivity contribution is 7.92. The minimum atomic E-state index is -3.53. The van der Waals surface area contributed by atoms with Gasteiger partial charge in [0.2, 0.25) is 10.0 Å². The molecule has 0 saturated carbocycles. The molecule has 0 aliphatic heterocycles. The minimum Gasteiger partial charge on any atom is -0.322 e. The molecule has 0 aromatic heterocycles. The van der Waals surface area contributed by atoms with Gasteiger partial charge in [-0.25, -0.2) is 8.42 Å². The lowest BCUT2D eigenvalue weighted by Crippen LogP contribution is -2.29. The Hall–Kier alpha value is -3.34. The highest BCUT2D eigenvalue weighted by Gasteiger charge is 2.18. The summed E-state index contributed by atoms with van der Waals surface area (Å²) >= 11 is 6.01. The van der Waals surface area contributed by atoms with Gasteiger partial charge < -0.3 is 5.32 Å². The summed E-state index contributed by atoms with van der Waals surface area (Å²) in [4.78, 5) is 12.5. The van der Waals surface area contributed by atoms with Crippen LogP contribution in [0, 0.1) is 11.3 Å². The molecule has 3 aromatic carbocycles. The molecule has 0 heterocycles. The summed E-state index contributed by atoms with van der Waals surface area (Å²) in [5, 5.41) is 12.0. The number of sulfonamides is 1. The van der Waals surface area contributed by atoms with Gasteiger partial charge in [-0.3, -0.25) is 9.10 Å². The fraction of sp³-hybridized carbons (Fsp3) is 0.130. The van der Waals surface area contributed by atoms with Gasteiger partial charge in [0.05, 0.1) is 31.0 Å². The molecule has 3 aromatic rings. The van der Waals surface area contributed by atoms with E-state index in [1.54, 1.807) is 72.8 Å². The van der Waals surface area contributed by atoms with Crippen molar-refractivity contribution in [2.45, 2.75) is 13.0 Å². The second kappa shape index (κ2) is 9.65. The zero-order valence-corrected chi connectivity index (χ0v) is 18.3. The molecule has 0 aliphatic carbocycles. The largest absolute Gasteiger partial charge is 0.322 e. The molecule has 8 heteroatoms. The van der Waals surface area contributed by atoms with E-state index in [0.717, 1.165) is 17.4 Å². The number of anilines is 2. The van der Waals surface area contributed by atoms with Gasteiger partial charge in [-0.05, 0) is 53.6 Å². The van der Waals surface area contributed by atoms with Crippen molar-refractivity contribution in [3.8, 4) is 6.07 Å². The number of rotatable bonds is 7. The molecule has 0 spiro atoms. The van der Waals surface area contributed by atoms with E-state index in [1.807, 2.05) is 0 Å². The summed E-state index contributed by atoms with van der Waals surface area (Å²) in [6.45, 7) is 0.113. The molecule has 0 aliphatic rings. The summed E-state index contributed by atoms with van der Waals surface area (Å²) in [5.41, 5.74) is 3.14. The van der Waals surface area contributed by atoms with Crippen molar-refractivity contribution in [3.63, 3.8) is 0 Å². The van der Waals surface area contributed by atoms with Crippen LogP contribution in [0.2, 0.25) is 5.02 Å². The van der Waals surface area contributed by atoms with E-state index >= 15 is 0 Å². The highest BCUT2D eigenvalue weighted by Crippen LogP contribution is 2.24. The van der Waals surface area contributed by atoms with Gasteiger partial charge in [0.15, 0.2) is 0 Å². The topological polar surface area (TPSA) is 90.3 Å². The molecule has 1 amide bonds. The molecule has 0 bridgehead atoms. The van der Waals surface area contributed by atoms with E-state index in [4.69, 9.17) is 16.9 Å². The van der Waals surface area contributed by atoms with Crippen LogP contribution >= 0.6 is 11.6 Å². The van der Waals surface area contributed by atoms with Gasteiger partial charge in [0.25, 0.3) is 5.91 Å². The molecule has 0 atom stereocenters. The number of carbonyl (C=O) groups excluding carboxylic acids is 1. The smallest absolute Gasteiger partial charge is 0.255 e. The summed E-state index contributed by atoms with van der Waals surface area (Å²) in [7, 11) is -3.53. The predicted molar refractivity (Wildman–Crippen MR) is 123 cm³/mol. The minimum absolute atomic E-state index is 0.113. The fourth-order valence-corrected chi connectivity index (χ4v) is 4.02. The maximum absolute atomic E-state index is 12.5. The molecule has 0 fully saturated rings. The van der Waals surface area contributed by atoms with Gasteiger partial charge in [-0.2, -0.15) is 5.26 Å². The molecule has 1 N–H and O–H groups in total. The number of nitrogens with zero attached hydrogens (tertiary/aromatic N) is 2. The molecule has 0 unspecified atom stereocenters. The standard InChI is InChI=1S/C23H20ClN3O3S/c1-31(29,30)27(22-4-2-3-20(24)15-22)16-18-5-9-19(10-6-18)23(28)26-21-11-7-17(8-12-21)13-14-25/h2-12,15H,13,16H2,1H3,(H,26,28). The van der Waals surface area contributed by atoms with Crippen molar-refractivity contribution in [1.82, 2.24) is 0 Å². The summed E-state index contributed by atoms with van der Waals surface area (Å²) in [6.07, 6.45) is 1.45. The van der Waals surface area contributed by atoms with Gasteiger partial charge in [0.1, 0.15) is 0 Å². The van der Waals surface area contributed by atoms with E-state index in [1.165, 1.54) is 4.31 Å². The third-order valence-corrected chi connectivity index (χ3v) is 5.91. The quantitative estimate of drug-likeness (QED) is 0.564. The Morgan fingerprint density at radius 1 is 1.03 bits per heavy atom. The van der Waals surface area contributed by atoms with Crippen molar-refractivity contribution < 1.29 is 13.2 Å². The van der Waals surface area contributed by atoms with Crippen LogP contribution in [0.1, 0.15) is 21.5 Å². The number of benzene rings is 3. The first kappa shape index (κ1) is 22.3. The highest BCUT2D eigenvalue weighted by atomic mass is 35.5. The molecule has 31 heavy (non-hydrogen) atoms. The Balaban J connectivity index is 1.72. The first-order valence-electron chi connectivity index (χ1n) is 9.36. The second-order valence-corrected chi connectivity index (χ2v) is 9.28. The zero-order chi connectivity index (χ0) is 22.4. The SMILES string of the molecule is CS(=O)(=O)N(Cc1ccc(C(=O)Nc2ccc(CC#N)cc2)cc1)c1cccc(Cl)c1. The Bertz CT molecular complexity index is 1220. The number of nitriles is 1. The lowest BCUT2D eigenvalue weighted by Gasteiger charge is -2.22. The van der Waals surface area contributed by atoms with Crippen molar-refractivity contribution in [2.24, 2.45) is 0 Å². The van der Waals surface area contributed by atoms with Gasteiger partial charge >= 0.3 is 0 Å². The number of nitrogens with one attached hydrogen (secondary N) is 1. The monoisotopic (exact) mass is 453 g/mol. The van der Waals surface area contributed by atoms with Crippen molar-refractivity contribution >= 4 is 38.9 Å². The van der Waals surface area contributed by atoms with E-state index in [2.05, 4.69) is 11.4 Å². The van der Waals surface area contributed by atoms with Gasteiger partial charge in [-0.1, -0.05) is 41.9 Å². The summed E-state index contributed by atoms with van der Waals surface area (Å²) in [6, 6.07) is 22.5. The first-order valence-corrected chi connectivity index (χ1v) is 11.6. The number of carbonyl (C=O) groups is 1. The van der Waals surface area contributed by atoms with Crippen LogP contribution in [0.3, 0.4) is 0 Å². The Kier molecular flexibility index (Phi) is 6.95. The summed E-state index contributed by atoms with van der Waals surface area (Å²) < 4.78 is 25.8. The number of hydrogen-bond donors (Lipinski definition) is 1. The number of amides is 1. The van der Waals surface area contributed by atoms with Crippen LogP contribution in [0.4, 0.5) is 11.4 Å². The van der Waals surface area contributed by atoms with E-state index in [9.17, 15) is 13.2 Å². The lowest BCUT2D eigenvalue weighted by atomic mass is 10.1. The average molecular weight is 454 g/mol.